The van der Waals surface area contributed by atoms with E-state index in [0.29, 0.717) is 13.1 Å². The lowest BCUT2D eigenvalue weighted by Gasteiger charge is -2.19. The Balaban J connectivity index is 0.00000225. The fourth-order valence-corrected chi connectivity index (χ4v) is 2.76. The van der Waals surface area contributed by atoms with Crippen LogP contribution in [0, 0.1) is 5.92 Å². The van der Waals surface area contributed by atoms with Crippen molar-refractivity contribution in [1.29, 1.82) is 0 Å². The Morgan fingerprint density at radius 1 is 1.62 bits per heavy atom. The lowest BCUT2D eigenvalue weighted by atomic mass is 10.1. The van der Waals surface area contributed by atoms with Crippen LogP contribution in [0.3, 0.4) is 0 Å². The summed E-state index contributed by atoms with van der Waals surface area (Å²) in [6, 6.07) is 4.01. The second-order valence-corrected chi connectivity index (χ2v) is 6.08. The van der Waals surface area contributed by atoms with Gasteiger partial charge in [0, 0.05) is 24.4 Å². The van der Waals surface area contributed by atoms with E-state index < -0.39 is 0 Å². The van der Waals surface area contributed by atoms with Crippen molar-refractivity contribution in [3.8, 4) is 0 Å². The van der Waals surface area contributed by atoms with Gasteiger partial charge in [0.1, 0.15) is 0 Å². The van der Waals surface area contributed by atoms with Crippen LogP contribution in [0.25, 0.3) is 0 Å². The number of amides is 1. The van der Waals surface area contributed by atoms with Gasteiger partial charge in [-0.05, 0) is 28.1 Å². The average Bonchev–Trinajstić information content (AvgIpc) is 2.61. The number of nitrogens with two attached hydrogens (primary N) is 1. The van der Waals surface area contributed by atoms with Crippen molar-refractivity contribution in [3.63, 3.8) is 0 Å². The molecule has 0 aliphatic carbocycles. The third-order valence-electron chi connectivity index (χ3n) is 2.17. The largest absolute Gasteiger partial charge is 0.340 e. The normalized spacial score (nSPS) is 11.8. The average molecular weight is 328 g/mol. The molecule has 0 aromatic carbocycles. The molecule has 1 rings (SSSR count). The molecule has 0 aliphatic rings. The first-order valence-electron chi connectivity index (χ1n) is 4.74. The second kappa shape index (κ2) is 7.27. The number of nitrogens with zero attached hydrogens (tertiary/aromatic N) is 1. The van der Waals surface area contributed by atoms with Crippen LogP contribution in [-0.2, 0) is 11.3 Å². The molecule has 1 atom stereocenters. The van der Waals surface area contributed by atoms with Gasteiger partial charge in [-0.3, -0.25) is 4.79 Å². The number of rotatable bonds is 4. The molecule has 0 spiro atoms. The van der Waals surface area contributed by atoms with Gasteiger partial charge < -0.3 is 10.6 Å². The SMILES string of the molecule is CC(CN)C(=O)N(C)Cc1ccc(Br)s1.Cl. The van der Waals surface area contributed by atoms with Crippen molar-refractivity contribution in [2.45, 2.75) is 13.5 Å². The third-order valence-corrected chi connectivity index (χ3v) is 3.78. The Kier molecular flexibility index (Phi) is 7.22. The van der Waals surface area contributed by atoms with Crippen LogP contribution in [0.2, 0.25) is 0 Å². The lowest BCUT2D eigenvalue weighted by molar-refractivity contribution is -0.133. The summed E-state index contributed by atoms with van der Waals surface area (Å²) in [7, 11) is 1.81. The molecule has 16 heavy (non-hydrogen) atoms. The van der Waals surface area contributed by atoms with Gasteiger partial charge in [0.05, 0.1) is 10.3 Å². The summed E-state index contributed by atoms with van der Waals surface area (Å²) < 4.78 is 1.09. The van der Waals surface area contributed by atoms with Crippen molar-refractivity contribution in [1.82, 2.24) is 4.90 Å². The van der Waals surface area contributed by atoms with Crippen LogP contribution in [-0.4, -0.2) is 24.4 Å². The highest BCUT2D eigenvalue weighted by molar-refractivity contribution is 9.11. The molecule has 0 radical (unpaired) electrons. The lowest BCUT2D eigenvalue weighted by Crippen LogP contribution is -2.34. The number of halogens is 2. The van der Waals surface area contributed by atoms with Gasteiger partial charge in [-0.1, -0.05) is 6.92 Å². The molecule has 6 heteroatoms. The maximum Gasteiger partial charge on any atom is 0.226 e. The monoisotopic (exact) mass is 326 g/mol. The highest BCUT2D eigenvalue weighted by atomic mass is 79.9. The molecule has 1 amide bonds. The van der Waals surface area contributed by atoms with Gasteiger partial charge in [0.25, 0.3) is 0 Å². The van der Waals surface area contributed by atoms with E-state index in [1.54, 1.807) is 16.2 Å². The van der Waals surface area contributed by atoms with Gasteiger partial charge in [-0.25, -0.2) is 0 Å². The van der Waals surface area contributed by atoms with E-state index in [1.165, 1.54) is 4.88 Å². The Bertz CT molecular complexity index is 345. The minimum atomic E-state index is -0.0987. The van der Waals surface area contributed by atoms with Crippen molar-refractivity contribution in [2.75, 3.05) is 13.6 Å². The quantitative estimate of drug-likeness (QED) is 0.923. The van der Waals surface area contributed by atoms with E-state index in [-0.39, 0.29) is 24.2 Å². The van der Waals surface area contributed by atoms with E-state index >= 15 is 0 Å². The van der Waals surface area contributed by atoms with E-state index in [0.717, 1.165) is 3.79 Å². The van der Waals surface area contributed by atoms with Crippen molar-refractivity contribution >= 4 is 45.6 Å². The summed E-state index contributed by atoms with van der Waals surface area (Å²) in [5, 5.41) is 0. The van der Waals surface area contributed by atoms with Gasteiger partial charge in [0.15, 0.2) is 0 Å². The Morgan fingerprint density at radius 3 is 2.69 bits per heavy atom. The molecule has 0 aliphatic heterocycles. The Labute approximate surface area is 115 Å². The molecular weight excluding hydrogens is 312 g/mol. The van der Waals surface area contributed by atoms with Crippen LogP contribution in [0.1, 0.15) is 11.8 Å². The predicted octanol–water partition coefficient (Wildman–Crippen LogP) is 2.49. The molecule has 1 aromatic rings. The van der Waals surface area contributed by atoms with Crippen molar-refractivity contribution in [3.05, 3.63) is 20.8 Å². The Hall–Kier alpha value is -0.100. The number of carbonyl (C=O) groups is 1. The van der Waals surface area contributed by atoms with Crippen molar-refractivity contribution < 1.29 is 4.79 Å². The molecule has 1 heterocycles. The molecule has 1 aromatic heterocycles. The van der Waals surface area contributed by atoms with Gasteiger partial charge >= 0.3 is 0 Å². The summed E-state index contributed by atoms with van der Waals surface area (Å²) >= 11 is 5.04. The minimum absolute atomic E-state index is 0. The van der Waals surface area contributed by atoms with E-state index in [4.69, 9.17) is 5.73 Å². The number of thiophene rings is 1. The summed E-state index contributed by atoms with van der Waals surface area (Å²) in [5.74, 6) is 0.000394. The van der Waals surface area contributed by atoms with Gasteiger partial charge in [0.2, 0.25) is 5.91 Å². The van der Waals surface area contributed by atoms with E-state index in [2.05, 4.69) is 15.9 Å². The zero-order valence-corrected chi connectivity index (χ0v) is 12.5. The molecule has 0 fully saturated rings. The zero-order valence-electron chi connectivity index (χ0n) is 9.27. The first kappa shape index (κ1) is 15.9. The predicted molar refractivity (Wildman–Crippen MR) is 74.0 cm³/mol. The summed E-state index contributed by atoms with van der Waals surface area (Å²) in [4.78, 5) is 14.6. The first-order valence-corrected chi connectivity index (χ1v) is 6.34. The third kappa shape index (κ3) is 4.41. The summed E-state index contributed by atoms with van der Waals surface area (Å²) in [6.45, 7) is 2.90. The van der Waals surface area contributed by atoms with Crippen LogP contribution in [0.4, 0.5) is 0 Å². The van der Waals surface area contributed by atoms with Crippen LogP contribution in [0.5, 0.6) is 0 Å². The minimum Gasteiger partial charge on any atom is -0.340 e. The smallest absolute Gasteiger partial charge is 0.226 e. The van der Waals surface area contributed by atoms with Gasteiger partial charge in [-0.15, -0.1) is 23.7 Å². The summed E-state index contributed by atoms with van der Waals surface area (Å²) in [5.41, 5.74) is 5.46. The molecule has 2 N–H and O–H groups in total. The highest BCUT2D eigenvalue weighted by Crippen LogP contribution is 2.23. The molecule has 0 bridgehead atoms. The van der Waals surface area contributed by atoms with Crippen LogP contribution < -0.4 is 5.73 Å². The van der Waals surface area contributed by atoms with E-state index in [9.17, 15) is 4.79 Å². The number of hydrogen-bond donors (Lipinski definition) is 1. The fraction of sp³-hybridized carbons (Fsp3) is 0.500. The molecule has 3 nitrogen and oxygen atoms in total. The fourth-order valence-electron chi connectivity index (χ4n) is 1.23. The second-order valence-electron chi connectivity index (χ2n) is 3.54. The molecule has 0 saturated carbocycles. The number of carbonyl (C=O) groups excluding carboxylic acids is 1. The summed E-state index contributed by atoms with van der Waals surface area (Å²) in [6.07, 6.45) is 0. The molecular formula is C10H16BrClN2OS. The Morgan fingerprint density at radius 2 is 2.25 bits per heavy atom. The maximum absolute atomic E-state index is 11.7. The molecule has 92 valence electrons. The van der Waals surface area contributed by atoms with E-state index in [1.807, 2.05) is 26.1 Å². The topological polar surface area (TPSA) is 46.3 Å². The van der Waals surface area contributed by atoms with Gasteiger partial charge in [-0.2, -0.15) is 0 Å². The standard InChI is InChI=1S/C10H15BrN2OS.ClH/c1-7(5-12)10(14)13(2)6-8-3-4-9(11)15-8;/h3-4,7H,5-6,12H2,1-2H3;1H. The molecule has 1 unspecified atom stereocenters. The zero-order chi connectivity index (χ0) is 11.4. The highest BCUT2D eigenvalue weighted by Gasteiger charge is 2.16. The first-order chi connectivity index (χ1) is 7.04. The van der Waals surface area contributed by atoms with Crippen molar-refractivity contribution in [2.24, 2.45) is 11.7 Å². The van der Waals surface area contributed by atoms with Crippen LogP contribution in [0.15, 0.2) is 15.9 Å². The number of hydrogen-bond acceptors (Lipinski definition) is 3. The molecule has 0 saturated heterocycles. The van der Waals surface area contributed by atoms with Crippen LogP contribution >= 0.6 is 39.7 Å². The maximum atomic E-state index is 11.7.